The van der Waals surface area contributed by atoms with Crippen LogP contribution in [0.4, 0.5) is 0 Å². The molecule has 88 valence electrons. The third kappa shape index (κ3) is 3.96. The highest BCUT2D eigenvalue weighted by Gasteiger charge is 2.15. The summed E-state index contributed by atoms with van der Waals surface area (Å²) >= 11 is 1.81. The second kappa shape index (κ2) is 6.03. The largest absolute Gasteiger partial charge is 0.312 e. The quantitative estimate of drug-likeness (QED) is 0.769. The van der Waals surface area contributed by atoms with E-state index >= 15 is 0 Å². The molecule has 0 saturated carbocycles. The fourth-order valence-corrected chi connectivity index (χ4v) is 2.44. The fraction of sp³-hybridized carbons (Fsp3) is 0.615. The van der Waals surface area contributed by atoms with Gasteiger partial charge < -0.3 is 5.32 Å². The highest BCUT2D eigenvalue weighted by molar-refractivity contribution is 7.10. The van der Waals surface area contributed by atoms with E-state index in [0.717, 1.165) is 25.9 Å². The summed E-state index contributed by atoms with van der Waals surface area (Å²) in [6, 6.07) is 4.52. The number of aryl methyl sites for hydroxylation is 1. The van der Waals surface area contributed by atoms with Gasteiger partial charge >= 0.3 is 0 Å². The van der Waals surface area contributed by atoms with E-state index < -0.39 is 0 Å². The standard InChI is InChI=1S/C13H20N2S/c1-4-11-5-8-16-12(11)9-15-7-6-13(2,3)10-14/h5,8,15H,4,6-7,9H2,1-3H3. The van der Waals surface area contributed by atoms with Gasteiger partial charge in [-0.05, 0) is 50.2 Å². The molecule has 0 saturated heterocycles. The van der Waals surface area contributed by atoms with Gasteiger partial charge in [0.25, 0.3) is 0 Å². The Kier molecular flexibility index (Phi) is 4.98. The number of nitriles is 1. The van der Waals surface area contributed by atoms with Crippen LogP contribution in [0.15, 0.2) is 11.4 Å². The van der Waals surface area contributed by atoms with E-state index in [1.165, 1.54) is 10.4 Å². The first-order chi connectivity index (χ1) is 7.59. The molecular weight excluding hydrogens is 216 g/mol. The topological polar surface area (TPSA) is 35.8 Å². The van der Waals surface area contributed by atoms with Crippen molar-refractivity contribution in [3.05, 3.63) is 21.9 Å². The first-order valence-electron chi connectivity index (χ1n) is 5.76. The molecule has 0 amide bonds. The lowest BCUT2D eigenvalue weighted by Crippen LogP contribution is -2.21. The van der Waals surface area contributed by atoms with Crippen LogP contribution in [0.3, 0.4) is 0 Å². The smallest absolute Gasteiger partial charge is 0.0684 e. The molecule has 0 fully saturated rings. The zero-order valence-corrected chi connectivity index (χ0v) is 11.2. The number of nitrogens with one attached hydrogen (secondary N) is 1. The fourth-order valence-electron chi connectivity index (χ4n) is 1.50. The Morgan fingerprint density at radius 2 is 2.25 bits per heavy atom. The summed E-state index contributed by atoms with van der Waals surface area (Å²) in [5.74, 6) is 0. The lowest BCUT2D eigenvalue weighted by molar-refractivity contribution is 0.433. The molecule has 0 bridgehead atoms. The molecule has 0 aliphatic rings. The van der Waals surface area contributed by atoms with E-state index in [9.17, 15) is 0 Å². The summed E-state index contributed by atoms with van der Waals surface area (Å²) in [5, 5.41) is 14.4. The maximum absolute atomic E-state index is 8.88. The van der Waals surface area contributed by atoms with E-state index in [0.29, 0.717) is 0 Å². The third-order valence-corrected chi connectivity index (χ3v) is 3.70. The Labute approximate surface area is 102 Å². The van der Waals surface area contributed by atoms with E-state index in [-0.39, 0.29) is 5.41 Å². The number of hydrogen-bond acceptors (Lipinski definition) is 3. The van der Waals surface area contributed by atoms with Crippen LogP contribution in [-0.2, 0) is 13.0 Å². The first-order valence-corrected chi connectivity index (χ1v) is 6.64. The highest BCUT2D eigenvalue weighted by Crippen LogP contribution is 2.19. The molecule has 1 N–H and O–H groups in total. The number of rotatable bonds is 6. The maximum Gasteiger partial charge on any atom is 0.0684 e. The lowest BCUT2D eigenvalue weighted by Gasteiger charge is -2.15. The first kappa shape index (κ1) is 13.2. The summed E-state index contributed by atoms with van der Waals surface area (Å²) < 4.78 is 0. The Morgan fingerprint density at radius 1 is 1.50 bits per heavy atom. The van der Waals surface area contributed by atoms with Crippen LogP contribution in [0.2, 0.25) is 0 Å². The Balaban J connectivity index is 2.29. The van der Waals surface area contributed by atoms with Crippen molar-refractivity contribution in [2.75, 3.05) is 6.54 Å². The molecule has 16 heavy (non-hydrogen) atoms. The van der Waals surface area contributed by atoms with Crippen molar-refractivity contribution in [2.45, 2.75) is 40.2 Å². The van der Waals surface area contributed by atoms with Crippen LogP contribution in [0.25, 0.3) is 0 Å². The predicted molar refractivity (Wildman–Crippen MR) is 69.4 cm³/mol. The van der Waals surface area contributed by atoms with Crippen LogP contribution in [0.1, 0.15) is 37.6 Å². The van der Waals surface area contributed by atoms with Crippen molar-refractivity contribution in [2.24, 2.45) is 5.41 Å². The van der Waals surface area contributed by atoms with E-state index in [4.69, 9.17) is 5.26 Å². The summed E-state index contributed by atoms with van der Waals surface area (Å²) in [7, 11) is 0. The zero-order chi connectivity index (χ0) is 12.0. The van der Waals surface area contributed by atoms with E-state index in [1.54, 1.807) is 0 Å². The molecule has 0 radical (unpaired) electrons. The molecule has 1 aromatic rings. The van der Waals surface area contributed by atoms with Gasteiger partial charge in [-0.3, -0.25) is 0 Å². The minimum Gasteiger partial charge on any atom is -0.312 e. The number of nitrogens with zero attached hydrogens (tertiary/aromatic N) is 1. The van der Waals surface area contributed by atoms with Crippen molar-refractivity contribution in [1.29, 1.82) is 5.26 Å². The normalized spacial score (nSPS) is 11.4. The summed E-state index contributed by atoms with van der Waals surface area (Å²) in [6.45, 7) is 7.99. The minimum atomic E-state index is -0.212. The number of thiophene rings is 1. The minimum absolute atomic E-state index is 0.212. The lowest BCUT2D eigenvalue weighted by atomic mass is 9.91. The average Bonchev–Trinajstić information content (AvgIpc) is 2.72. The Morgan fingerprint density at radius 3 is 2.88 bits per heavy atom. The van der Waals surface area contributed by atoms with E-state index in [1.807, 2.05) is 25.2 Å². The summed E-state index contributed by atoms with van der Waals surface area (Å²) in [5.41, 5.74) is 1.23. The second-order valence-electron chi connectivity index (χ2n) is 4.65. The van der Waals surface area contributed by atoms with Gasteiger partial charge in [0, 0.05) is 11.4 Å². The van der Waals surface area contributed by atoms with Gasteiger partial charge in [0.2, 0.25) is 0 Å². The molecule has 0 spiro atoms. The Bertz CT molecular complexity index is 360. The van der Waals surface area contributed by atoms with Crippen LogP contribution in [-0.4, -0.2) is 6.54 Å². The monoisotopic (exact) mass is 236 g/mol. The average molecular weight is 236 g/mol. The van der Waals surface area contributed by atoms with E-state index in [2.05, 4.69) is 29.8 Å². The van der Waals surface area contributed by atoms with Crippen molar-refractivity contribution in [1.82, 2.24) is 5.32 Å². The van der Waals surface area contributed by atoms with Gasteiger partial charge in [0.05, 0.1) is 11.5 Å². The van der Waals surface area contributed by atoms with Gasteiger partial charge in [-0.2, -0.15) is 5.26 Å². The van der Waals surface area contributed by atoms with Gasteiger partial charge in [0.1, 0.15) is 0 Å². The van der Waals surface area contributed by atoms with Gasteiger partial charge in [-0.1, -0.05) is 6.92 Å². The molecule has 1 aromatic heterocycles. The second-order valence-corrected chi connectivity index (χ2v) is 5.65. The van der Waals surface area contributed by atoms with Crippen molar-refractivity contribution >= 4 is 11.3 Å². The van der Waals surface area contributed by atoms with Gasteiger partial charge in [-0.15, -0.1) is 11.3 Å². The predicted octanol–water partition coefficient (Wildman–Crippen LogP) is 3.34. The highest BCUT2D eigenvalue weighted by atomic mass is 32.1. The molecular formula is C13H20N2S. The molecule has 0 aromatic carbocycles. The molecule has 0 atom stereocenters. The summed E-state index contributed by atoms with van der Waals surface area (Å²) in [4.78, 5) is 1.43. The molecule has 1 heterocycles. The number of hydrogen-bond donors (Lipinski definition) is 1. The van der Waals surface area contributed by atoms with Crippen molar-refractivity contribution in [3.8, 4) is 6.07 Å². The van der Waals surface area contributed by atoms with Crippen LogP contribution in [0.5, 0.6) is 0 Å². The van der Waals surface area contributed by atoms with Gasteiger partial charge in [-0.25, -0.2) is 0 Å². The zero-order valence-electron chi connectivity index (χ0n) is 10.3. The Hall–Kier alpha value is -0.850. The van der Waals surface area contributed by atoms with Gasteiger partial charge in [0.15, 0.2) is 0 Å². The molecule has 3 heteroatoms. The van der Waals surface area contributed by atoms with Crippen LogP contribution in [0, 0.1) is 16.7 Å². The molecule has 0 aliphatic carbocycles. The maximum atomic E-state index is 8.88. The molecule has 1 rings (SSSR count). The van der Waals surface area contributed by atoms with Crippen molar-refractivity contribution in [3.63, 3.8) is 0 Å². The third-order valence-electron chi connectivity index (χ3n) is 2.73. The molecule has 0 unspecified atom stereocenters. The SMILES string of the molecule is CCc1ccsc1CNCCC(C)(C)C#N. The van der Waals surface area contributed by atoms with Crippen molar-refractivity contribution < 1.29 is 0 Å². The van der Waals surface area contributed by atoms with Crippen LogP contribution < -0.4 is 5.32 Å². The van der Waals surface area contributed by atoms with Crippen LogP contribution >= 0.6 is 11.3 Å². The summed E-state index contributed by atoms with van der Waals surface area (Å²) in [6.07, 6.45) is 2.00. The molecule has 0 aliphatic heterocycles. The molecule has 2 nitrogen and oxygen atoms in total.